The minimum absolute atomic E-state index is 0.153. The number of hydrogen-bond donors (Lipinski definition) is 2. The molecule has 0 aliphatic rings. The predicted octanol–water partition coefficient (Wildman–Crippen LogP) is 6.66. The summed E-state index contributed by atoms with van der Waals surface area (Å²) in [6.07, 6.45) is 3.40. The van der Waals surface area contributed by atoms with Gasteiger partial charge in [0.2, 0.25) is 5.78 Å². The standard InChI is InChI=1S/C28H22ClN3O3/c1-16(30)23-11-19-10-20(29)6-5-18(19)12-28(23)34-15-26(33)24-14-32-25-13-21(7-8-22(24)25)35-27-4-3-9-31-17(27)2/h3-14,32H,1,15,30H2,2H3. The molecule has 0 saturated carbocycles. The zero-order valence-electron chi connectivity index (χ0n) is 19.0. The zero-order valence-corrected chi connectivity index (χ0v) is 19.7. The third-order valence-corrected chi connectivity index (χ3v) is 5.98. The normalized spacial score (nSPS) is 11.0. The molecule has 0 unspecified atom stereocenters. The Kier molecular flexibility index (Phi) is 5.89. The summed E-state index contributed by atoms with van der Waals surface area (Å²) < 4.78 is 11.9. The van der Waals surface area contributed by atoms with E-state index in [1.54, 1.807) is 18.5 Å². The second-order valence-corrected chi connectivity index (χ2v) is 8.61. The van der Waals surface area contributed by atoms with E-state index < -0.39 is 0 Å². The first-order valence-corrected chi connectivity index (χ1v) is 11.3. The number of nitrogens with zero attached hydrogens (tertiary/aromatic N) is 1. The van der Waals surface area contributed by atoms with Crippen LogP contribution in [0.15, 0.2) is 79.6 Å². The average molecular weight is 484 g/mol. The van der Waals surface area contributed by atoms with Crippen molar-refractivity contribution in [2.24, 2.45) is 5.73 Å². The number of pyridine rings is 1. The Morgan fingerprint density at radius 3 is 2.71 bits per heavy atom. The topological polar surface area (TPSA) is 90.2 Å². The summed E-state index contributed by atoms with van der Waals surface area (Å²) in [6.45, 7) is 5.57. The van der Waals surface area contributed by atoms with Crippen LogP contribution in [0.4, 0.5) is 0 Å². The summed E-state index contributed by atoms with van der Waals surface area (Å²) in [5.41, 5.74) is 9.06. The van der Waals surface area contributed by atoms with Crippen molar-refractivity contribution in [3.8, 4) is 17.2 Å². The van der Waals surface area contributed by atoms with Crippen molar-refractivity contribution < 1.29 is 14.3 Å². The number of ether oxygens (including phenoxy) is 2. The molecule has 0 spiro atoms. The molecule has 6 nitrogen and oxygen atoms in total. The quantitative estimate of drug-likeness (QED) is 0.252. The minimum Gasteiger partial charge on any atom is -0.485 e. The van der Waals surface area contributed by atoms with Crippen LogP contribution in [0.1, 0.15) is 21.6 Å². The van der Waals surface area contributed by atoms with Gasteiger partial charge >= 0.3 is 0 Å². The highest BCUT2D eigenvalue weighted by Gasteiger charge is 2.16. The molecule has 2 heterocycles. The second-order valence-electron chi connectivity index (χ2n) is 8.18. The highest BCUT2D eigenvalue weighted by Crippen LogP contribution is 2.32. The lowest BCUT2D eigenvalue weighted by atomic mass is 10.0. The fourth-order valence-corrected chi connectivity index (χ4v) is 4.12. The number of H-pyrrole nitrogens is 1. The Bertz CT molecular complexity index is 1610. The van der Waals surface area contributed by atoms with Gasteiger partial charge < -0.3 is 20.2 Å². The molecule has 174 valence electrons. The number of rotatable bonds is 7. The second kappa shape index (κ2) is 9.16. The number of Topliss-reactive ketones (excluding diaryl/α,β-unsaturated/α-hetero) is 1. The summed E-state index contributed by atoms with van der Waals surface area (Å²) in [5.74, 6) is 1.65. The van der Waals surface area contributed by atoms with Gasteiger partial charge in [-0.15, -0.1) is 0 Å². The van der Waals surface area contributed by atoms with Gasteiger partial charge in [0.15, 0.2) is 6.61 Å². The number of fused-ring (bicyclic) bond motifs is 2. The van der Waals surface area contributed by atoms with Gasteiger partial charge in [-0.05, 0) is 66.2 Å². The minimum atomic E-state index is -0.169. The lowest BCUT2D eigenvalue weighted by Gasteiger charge is -2.13. The number of carbonyl (C=O) groups is 1. The fraction of sp³-hybridized carbons (Fsp3) is 0.0714. The molecule has 2 aromatic heterocycles. The third-order valence-electron chi connectivity index (χ3n) is 5.75. The maximum absolute atomic E-state index is 13.0. The number of hydrogen-bond acceptors (Lipinski definition) is 5. The highest BCUT2D eigenvalue weighted by molar-refractivity contribution is 6.31. The van der Waals surface area contributed by atoms with E-state index in [9.17, 15) is 4.79 Å². The van der Waals surface area contributed by atoms with Crippen molar-refractivity contribution in [1.29, 1.82) is 0 Å². The molecule has 0 saturated heterocycles. The van der Waals surface area contributed by atoms with Crippen LogP contribution in [0, 0.1) is 6.92 Å². The maximum atomic E-state index is 13.0. The molecule has 3 N–H and O–H groups in total. The highest BCUT2D eigenvalue weighted by atomic mass is 35.5. The Balaban J connectivity index is 1.37. The lowest BCUT2D eigenvalue weighted by molar-refractivity contribution is 0.0923. The first-order valence-electron chi connectivity index (χ1n) is 10.9. The molecule has 0 atom stereocenters. The molecule has 0 bridgehead atoms. The van der Waals surface area contributed by atoms with Crippen molar-refractivity contribution in [3.63, 3.8) is 0 Å². The summed E-state index contributed by atoms with van der Waals surface area (Å²) in [4.78, 5) is 20.4. The van der Waals surface area contributed by atoms with Crippen LogP contribution in [0.3, 0.4) is 0 Å². The van der Waals surface area contributed by atoms with Crippen LogP contribution < -0.4 is 15.2 Å². The van der Waals surface area contributed by atoms with E-state index in [1.165, 1.54) is 0 Å². The van der Waals surface area contributed by atoms with Crippen LogP contribution in [0.25, 0.3) is 27.4 Å². The number of aromatic nitrogens is 2. The summed E-state index contributed by atoms with van der Waals surface area (Å²) in [6, 6.07) is 18.4. The Hall–Kier alpha value is -4.29. The van der Waals surface area contributed by atoms with Crippen LogP contribution in [-0.2, 0) is 0 Å². The summed E-state index contributed by atoms with van der Waals surface area (Å²) >= 11 is 6.11. The van der Waals surface area contributed by atoms with Gasteiger partial charge in [0.25, 0.3) is 0 Å². The number of nitrogens with two attached hydrogens (primary N) is 1. The van der Waals surface area contributed by atoms with Crippen LogP contribution >= 0.6 is 11.6 Å². The van der Waals surface area contributed by atoms with Gasteiger partial charge in [0.1, 0.15) is 17.2 Å². The molecule has 0 aliphatic heterocycles. The Morgan fingerprint density at radius 1 is 1.06 bits per heavy atom. The fourth-order valence-electron chi connectivity index (χ4n) is 3.94. The van der Waals surface area contributed by atoms with Gasteiger partial charge in [-0.1, -0.05) is 24.2 Å². The van der Waals surface area contributed by atoms with Crippen LogP contribution in [-0.4, -0.2) is 22.4 Å². The van der Waals surface area contributed by atoms with Gasteiger partial charge in [0.05, 0.1) is 5.69 Å². The molecule has 0 fully saturated rings. The maximum Gasteiger partial charge on any atom is 0.202 e. The van der Waals surface area contributed by atoms with Gasteiger partial charge in [-0.2, -0.15) is 0 Å². The first kappa shape index (κ1) is 22.5. The number of aromatic amines is 1. The third kappa shape index (κ3) is 4.56. The molecular weight excluding hydrogens is 462 g/mol. The van der Waals surface area contributed by atoms with E-state index in [-0.39, 0.29) is 12.4 Å². The summed E-state index contributed by atoms with van der Waals surface area (Å²) in [5, 5.41) is 3.24. The van der Waals surface area contributed by atoms with E-state index in [1.807, 2.05) is 61.5 Å². The summed E-state index contributed by atoms with van der Waals surface area (Å²) in [7, 11) is 0. The van der Waals surface area contributed by atoms with E-state index in [0.29, 0.717) is 39.1 Å². The molecule has 5 aromatic rings. The number of carbonyl (C=O) groups excluding carboxylic acids is 1. The first-order chi connectivity index (χ1) is 16.9. The van der Waals surface area contributed by atoms with Crippen LogP contribution in [0.2, 0.25) is 5.02 Å². The van der Waals surface area contributed by atoms with Gasteiger partial charge in [-0.3, -0.25) is 9.78 Å². The molecular formula is C28H22ClN3O3. The van der Waals surface area contributed by atoms with E-state index in [2.05, 4.69) is 16.5 Å². The van der Waals surface area contributed by atoms with E-state index in [4.69, 9.17) is 26.8 Å². The molecule has 0 amide bonds. The van der Waals surface area contributed by atoms with Crippen molar-refractivity contribution in [3.05, 3.63) is 101 Å². The molecule has 0 aliphatic carbocycles. The predicted molar refractivity (Wildman–Crippen MR) is 139 cm³/mol. The smallest absolute Gasteiger partial charge is 0.202 e. The van der Waals surface area contributed by atoms with Crippen molar-refractivity contribution in [2.75, 3.05) is 6.61 Å². The molecule has 0 radical (unpaired) electrons. The Morgan fingerprint density at radius 2 is 1.91 bits per heavy atom. The van der Waals surface area contributed by atoms with Gasteiger partial charge in [-0.25, -0.2) is 0 Å². The number of benzene rings is 3. The number of nitrogens with one attached hydrogen (secondary N) is 1. The largest absolute Gasteiger partial charge is 0.485 e. The van der Waals surface area contributed by atoms with Crippen molar-refractivity contribution in [1.82, 2.24) is 9.97 Å². The SMILES string of the molecule is C=C(N)c1cc2cc(Cl)ccc2cc1OCC(=O)c1c[nH]c2cc(Oc3cccnc3C)ccc12. The van der Waals surface area contributed by atoms with Gasteiger partial charge in [0, 0.05) is 51.2 Å². The van der Waals surface area contributed by atoms with Crippen molar-refractivity contribution >= 4 is 44.8 Å². The van der Waals surface area contributed by atoms with Crippen LogP contribution in [0.5, 0.6) is 17.2 Å². The molecule has 7 heteroatoms. The number of halogens is 1. The van der Waals surface area contributed by atoms with E-state index in [0.717, 1.165) is 27.4 Å². The molecule has 5 rings (SSSR count). The number of aryl methyl sites for hydroxylation is 1. The lowest BCUT2D eigenvalue weighted by Crippen LogP contribution is -2.12. The molecule has 35 heavy (non-hydrogen) atoms. The molecule has 3 aromatic carbocycles. The number of ketones is 1. The van der Waals surface area contributed by atoms with E-state index >= 15 is 0 Å². The average Bonchev–Trinajstić information content (AvgIpc) is 3.27. The zero-order chi connectivity index (χ0) is 24.5. The Labute approximate surface area is 207 Å². The van der Waals surface area contributed by atoms with Crippen molar-refractivity contribution in [2.45, 2.75) is 6.92 Å². The monoisotopic (exact) mass is 483 g/mol.